The summed E-state index contributed by atoms with van der Waals surface area (Å²) in [5, 5.41) is 0. The van der Waals surface area contributed by atoms with E-state index >= 15 is 0 Å². The molecule has 0 saturated heterocycles. The number of aromatic nitrogens is 1. The molecule has 0 unspecified atom stereocenters. The molecule has 0 amide bonds. The van der Waals surface area contributed by atoms with E-state index in [0.29, 0.717) is 6.20 Å². The lowest BCUT2D eigenvalue weighted by Gasteiger charge is -2.10. The molecule has 0 bridgehead atoms. The third-order valence-electron chi connectivity index (χ3n) is 1.11. The van der Waals surface area contributed by atoms with Crippen LogP contribution in [0.15, 0.2) is 6.20 Å². The summed E-state index contributed by atoms with van der Waals surface area (Å²) in [6.45, 7) is 0. The van der Waals surface area contributed by atoms with E-state index in [1.165, 1.54) is 0 Å². The average Bonchev–Trinajstić information content (AvgIpc) is 2.04. The minimum Gasteiger partial charge on any atom is -0.403 e. The van der Waals surface area contributed by atoms with Crippen molar-refractivity contribution < 1.29 is 22.3 Å². The molecule has 1 rings (SSSR count). The molecule has 1 aromatic rings. The van der Waals surface area contributed by atoms with Crippen LogP contribution in [0.1, 0.15) is 0 Å². The Hall–Kier alpha value is 0.130. The molecular formula is C6HF4I2NO. The Morgan fingerprint density at radius 1 is 1.21 bits per heavy atom. The lowest BCUT2D eigenvalue weighted by atomic mass is 10.4. The van der Waals surface area contributed by atoms with Gasteiger partial charge < -0.3 is 4.74 Å². The fourth-order valence-electron chi connectivity index (χ4n) is 0.623. The molecule has 2 nitrogen and oxygen atoms in total. The van der Waals surface area contributed by atoms with Gasteiger partial charge in [-0.1, -0.05) is 0 Å². The number of pyridine rings is 1. The molecule has 14 heavy (non-hydrogen) atoms. The van der Waals surface area contributed by atoms with E-state index in [4.69, 9.17) is 0 Å². The van der Waals surface area contributed by atoms with Crippen molar-refractivity contribution in [2.45, 2.75) is 6.36 Å². The van der Waals surface area contributed by atoms with Gasteiger partial charge in [0.25, 0.3) is 0 Å². The standard InChI is InChI=1S/C6HF4I2NO/c7-5-4(12)3(11)2(1-13-5)14-6(8,9)10/h1H. The Morgan fingerprint density at radius 3 is 2.29 bits per heavy atom. The Labute approximate surface area is 103 Å². The van der Waals surface area contributed by atoms with Crippen LogP contribution in [0.4, 0.5) is 17.6 Å². The highest BCUT2D eigenvalue weighted by molar-refractivity contribution is 14.1. The number of rotatable bonds is 1. The molecule has 0 atom stereocenters. The average molecular weight is 433 g/mol. The second-order valence-electron chi connectivity index (χ2n) is 2.09. The fraction of sp³-hybridized carbons (Fsp3) is 0.167. The molecule has 0 fully saturated rings. The predicted octanol–water partition coefficient (Wildman–Crippen LogP) is 3.33. The molecule has 0 aromatic carbocycles. The second kappa shape index (κ2) is 4.33. The minimum atomic E-state index is -4.79. The number of hydrogen-bond donors (Lipinski definition) is 0. The van der Waals surface area contributed by atoms with Gasteiger partial charge in [-0.3, -0.25) is 0 Å². The first-order chi connectivity index (χ1) is 6.31. The monoisotopic (exact) mass is 433 g/mol. The van der Waals surface area contributed by atoms with Gasteiger partial charge in [0.15, 0.2) is 5.75 Å². The molecule has 0 aliphatic carbocycles. The van der Waals surface area contributed by atoms with Crippen molar-refractivity contribution in [3.63, 3.8) is 0 Å². The molecule has 78 valence electrons. The van der Waals surface area contributed by atoms with Crippen LogP contribution in [0.5, 0.6) is 5.75 Å². The Morgan fingerprint density at radius 2 is 1.79 bits per heavy atom. The zero-order valence-corrected chi connectivity index (χ0v) is 10.5. The summed E-state index contributed by atoms with van der Waals surface area (Å²) >= 11 is 3.11. The van der Waals surface area contributed by atoms with E-state index in [1.807, 2.05) is 0 Å². The first-order valence-electron chi connectivity index (χ1n) is 3.06. The van der Waals surface area contributed by atoms with Crippen LogP contribution in [0.2, 0.25) is 0 Å². The minimum absolute atomic E-state index is 0.00458. The molecule has 8 heteroatoms. The number of ether oxygens (including phenoxy) is 1. The maximum absolute atomic E-state index is 12.7. The summed E-state index contributed by atoms with van der Waals surface area (Å²) in [5.41, 5.74) is 0. The van der Waals surface area contributed by atoms with Gasteiger partial charge in [-0.2, -0.15) is 4.39 Å². The van der Waals surface area contributed by atoms with Gasteiger partial charge in [0, 0.05) is 0 Å². The van der Waals surface area contributed by atoms with E-state index in [-0.39, 0.29) is 7.14 Å². The van der Waals surface area contributed by atoms with Gasteiger partial charge in [-0.05, 0) is 45.2 Å². The molecule has 0 aliphatic heterocycles. The normalized spacial score (nSPS) is 11.6. The van der Waals surface area contributed by atoms with E-state index in [2.05, 4.69) is 9.72 Å². The molecule has 0 spiro atoms. The van der Waals surface area contributed by atoms with Gasteiger partial charge in [0.1, 0.15) is 0 Å². The molecule has 1 aromatic heterocycles. The molecule has 1 heterocycles. The summed E-state index contributed by atoms with van der Waals surface area (Å²) in [4.78, 5) is 3.12. The Balaban J connectivity index is 3.06. The van der Waals surface area contributed by atoms with Crippen LogP contribution in [0, 0.1) is 13.1 Å². The summed E-state index contributed by atoms with van der Waals surface area (Å²) < 4.78 is 51.8. The van der Waals surface area contributed by atoms with Crippen molar-refractivity contribution in [3.05, 3.63) is 19.3 Å². The smallest absolute Gasteiger partial charge is 0.403 e. The van der Waals surface area contributed by atoms with Crippen LogP contribution in [-0.2, 0) is 0 Å². The van der Waals surface area contributed by atoms with Crippen LogP contribution in [0.3, 0.4) is 0 Å². The van der Waals surface area contributed by atoms with Crippen molar-refractivity contribution >= 4 is 45.2 Å². The molecule has 0 saturated carbocycles. The Bertz CT molecular complexity index is 354. The van der Waals surface area contributed by atoms with E-state index in [0.717, 1.165) is 0 Å². The third kappa shape index (κ3) is 3.07. The first-order valence-corrected chi connectivity index (χ1v) is 5.22. The van der Waals surface area contributed by atoms with Gasteiger partial charge in [0.2, 0.25) is 5.95 Å². The quantitative estimate of drug-likeness (QED) is 0.386. The van der Waals surface area contributed by atoms with Gasteiger partial charge in [-0.15, -0.1) is 13.2 Å². The summed E-state index contributed by atoms with van der Waals surface area (Å²) in [7, 11) is 0. The van der Waals surface area contributed by atoms with Crippen molar-refractivity contribution in [2.75, 3.05) is 0 Å². The van der Waals surface area contributed by atoms with Crippen LogP contribution >= 0.6 is 45.2 Å². The summed E-state index contributed by atoms with van der Waals surface area (Å²) in [6.07, 6.45) is -4.09. The first kappa shape index (κ1) is 12.2. The van der Waals surface area contributed by atoms with Gasteiger partial charge >= 0.3 is 6.36 Å². The van der Waals surface area contributed by atoms with Crippen molar-refractivity contribution in [2.24, 2.45) is 0 Å². The predicted molar refractivity (Wildman–Crippen MR) is 56.3 cm³/mol. The molecule has 0 radical (unpaired) electrons. The van der Waals surface area contributed by atoms with Crippen LogP contribution in [0.25, 0.3) is 0 Å². The number of halogens is 6. The number of nitrogens with zero attached hydrogens (tertiary/aromatic N) is 1. The van der Waals surface area contributed by atoms with Crippen LogP contribution in [-0.4, -0.2) is 11.3 Å². The summed E-state index contributed by atoms with van der Waals surface area (Å²) in [6, 6.07) is 0. The van der Waals surface area contributed by atoms with E-state index in [9.17, 15) is 17.6 Å². The summed E-state index contributed by atoms with van der Waals surface area (Å²) in [5.74, 6) is -1.31. The zero-order valence-electron chi connectivity index (χ0n) is 6.20. The number of hydrogen-bond acceptors (Lipinski definition) is 2. The zero-order chi connectivity index (χ0) is 10.9. The highest BCUT2D eigenvalue weighted by Crippen LogP contribution is 2.30. The largest absolute Gasteiger partial charge is 0.573 e. The third-order valence-corrected chi connectivity index (χ3v) is 4.20. The maximum Gasteiger partial charge on any atom is 0.573 e. The van der Waals surface area contributed by atoms with Gasteiger partial charge in [-0.25, -0.2) is 4.98 Å². The molecular weight excluding hydrogens is 432 g/mol. The van der Waals surface area contributed by atoms with Crippen molar-refractivity contribution in [3.8, 4) is 5.75 Å². The van der Waals surface area contributed by atoms with E-state index < -0.39 is 18.1 Å². The number of alkyl halides is 3. The lowest BCUT2D eigenvalue weighted by molar-refractivity contribution is -0.275. The van der Waals surface area contributed by atoms with Crippen molar-refractivity contribution in [1.82, 2.24) is 4.98 Å². The molecule has 0 N–H and O–H groups in total. The van der Waals surface area contributed by atoms with Crippen LogP contribution < -0.4 is 4.74 Å². The molecule has 0 aliphatic rings. The SMILES string of the molecule is Fc1ncc(OC(F)(F)F)c(I)c1I. The topological polar surface area (TPSA) is 22.1 Å². The maximum atomic E-state index is 12.7. The Kier molecular flexibility index (Phi) is 3.77. The lowest BCUT2D eigenvalue weighted by Crippen LogP contribution is -2.18. The highest BCUT2D eigenvalue weighted by Gasteiger charge is 2.32. The van der Waals surface area contributed by atoms with Gasteiger partial charge in [0.05, 0.1) is 13.3 Å². The van der Waals surface area contributed by atoms with Crippen molar-refractivity contribution in [1.29, 1.82) is 0 Å². The second-order valence-corrected chi connectivity index (χ2v) is 4.25. The highest BCUT2D eigenvalue weighted by atomic mass is 127. The fourth-order valence-corrected chi connectivity index (χ4v) is 1.50. The van der Waals surface area contributed by atoms with E-state index in [1.54, 1.807) is 45.2 Å².